The van der Waals surface area contributed by atoms with Crippen molar-refractivity contribution in [2.45, 2.75) is 20.3 Å². The SMILES string of the molecule is Cc1coc(C)c1C(=O)NCCc1cccc(F)c1. The van der Waals surface area contributed by atoms with Gasteiger partial charge in [-0.05, 0) is 38.0 Å². The van der Waals surface area contributed by atoms with Crippen molar-refractivity contribution in [3.63, 3.8) is 0 Å². The van der Waals surface area contributed by atoms with E-state index in [1.807, 2.05) is 13.0 Å². The Hall–Kier alpha value is -2.10. The highest BCUT2D eigenvalue weighted by atomic mass is 19.1. The lowest BCUT2D eigenvalue weighted by molar-refractivity contribution is 0.0952. The van der Waals surface area contributed by atoms with Crippen molar-refractivity contribution in [3.05, 3.63) is 58.8 Å². The van der Waals surface area contributed by atoms with Gasteiger partial charge in [-0.3, -0.25) is 4.79 Å². The van der Waals surface area contributed by atoms with Crippen LogP contribution in [0.1, 0.15) is 27.2 Å². The zero-order valence-electron chi connectivity index (χ0n) is 11.0. The lowest BCUT2D eigenvalue weighted by atomic mass is 10.1. The van der Waals surface area contributed by atoms with Crippen LogP contribution in [-0.4, -0.2) is 12.5 Å². The minimum absolute atomic E-state index is 0.153. The fourth-order valence-electron chi connectivity index (χ4n) is 2.01. The lowest BCUT2D eigenvalue weighted by Crippen LogP contribution is -2.26. The third-order valence-corrected chi connectivity index (χ3v) is 2.97. The van der Waals surface area contributed by atoms with Gasteiger partial charge in [0, 0.05) is 12.1 Å². The molecule has 0 saturated carbocycles. The Bertz CT molecular complexity index is 570. The number of halogens is 1. The van der Waals surface area contributed by atoms with Gasteiger partial charge in [0.05, 0.1) is 11.8 Å². The van der Waals surface area contributed by atoms with E-state index in [1.54, 1.807) is 19.3 Å². The zero-order chi connectivity index (χ0) is 13.8. The molecule has 2 aromatic rings. The minimum Gasteiger partial charge on any atom is -0.469 e. The third-order valence-electron chi connectivity index (χ3n) is 2.97. The topological polar surface area (TPSA) is 42.2 Å². The summed E-state index contributed by atoms with van der Waals surface area (Å²) in [6, 6.07) is 6.38. The molecule has 2 rings (SSSR count). The first-order chi connectivity index (χ1) is 9.08. The maximum absolute atomic E-state index is 13.0. The van der Waals surface area contributed by atoms with Crippen molar-refractivity contribution in [2.24, 2.45) is 0 Å². The molecule has 1 aromatic heterocycles. The molecule has 3 nitrogen and oxygen atoms in total. The highest BCUT2D eigenvalue weighted by Gasteiger charge is 2.14. The first-order valence-corrected chi connectivity index (χ1v) is 6.15. The largest absolute Gasteiger partial charge is 0.469 e. The summed E-state index contributed by atoms with van der Waals surface area (Å²) >= 11 is 0. The summed E-state index contributed by atoms with van der Waals surface area (Å²) in [4.78, 5) is 12.0. The van der Waals surface area contributed by atoms with Crippen LogP contribution in [-0.2, 0) is 6.42 Å². The highest BCUT2D eigenvalue weighted by molar-refractivity contribution is 5.96. The van der Waals surface area contributed by atoms with Crippen LogP contribution in [0.2, 0.25) is 0 Å². The van der Waals surface area contributed by atoms with E-state index in [0.29, 0.717) is 24.3 Å². The van der Waals surface area contributed by atoms with E-state index in [9.17, 15) is 9.18 Å². The molecule has 1 aromatic carbocycles. The number of aryl methyl sites for hydroxylation is 2. The van der Waals surface area contributed by atoms with Gasteiger partial charge in [-0.1, -0.05) is 12.1 Å². The molecule has 19 heavy (non-hydrogen) atoms. The third kappa shape index (κ3) is 3.22. The van der Waals surface area contributed by atoms with Gasteiger partial charge < -0.3 is 9.73 Å². The summed E-state index contributed by atoms with van der Waals surface area (Å²) in [5.41, 5.74) is 2.26. The van der Waals surface area contributed by atoms with Gasteiger partial charge in [0.25, 0.3) is 5.91 Å². The van der Waals surface area contributed by atoms with Crippen molar-refractivity contribution in [3.8, 4) is 0 Å². The minimum atomic E-state index is -0.259. The van der Waals surface area contributed by atoms with Gasteiger partial charge in [0.15, 0.2) is 0 Å². The van der Waals surface area contributed by atoms with Crippen LogP contribution in [0.15, 0.2) is 34.9 Å². The summed E-state index contributed by atoms with van der Waals surface area (Å²) in [5.74, 6) is 0.200. The van der Waals surface area contributed by atoms with Crippen molar-refractivity contribution in [2.75, 3.05) is 6.54 Å². The molecule has 0 aliphatic heterocycles. The standard InChI is InChI=1S/C15H16FNO2/c1-10-9-19-11(2)14(10)15(18)17-7-6-12-4-3-5-13(16)8-12/h3-5,8-9H,6-7H2,1-2H3,(H,17,18). The molecule has 0 aliphatic rings. The predicted octanol–water partition coefficient (Wildman–Crippen LogP) is 3.01. The van der Waals surface area contributed by atoms with Crippen LogP contribution in [0.5, 0.6) is 0 Å². The lowest BCUT2D eigenvalue weighted by Gasteiger charge is -2.05. The van der Waals surface area contributed by atoms with Crippen LogP contribution >= 0.6 is 0 Å². The quantitative estimate of drug-likeness (QED) is 0.919. The van der Waals surface area contributed by atoms with Crippen LogP contribution in [0.3, 0.4) is 0 Å². The number of furan rings is 1. The molecule has 0 unspecified atom stereocenters. The van der Waals surface area contributed by atoms with Crippen LogP contribution in [0, 0.1) is 19.7 Å². The van der Waals surface area contributed by atoms with Gasteiger partial charge in [-0.25, -0.2) is 4.39 Å². The molecule has 100 valence electrons. The normalized spacial score (nSPS) is 10.5. The number of carbonyl (C=O) groups is 1. The van der Waals surface area contributed by atoms with Crippen LogP contribution < -0.4 is 5.32 Å². The molecule has 0 atom stereocenters. The van der Waals surface area contributed by atoms with Gasteiger partial charge in [-0.15, -0.1) is 0 Å². The molecule has 4 heteroatoms. The van der Waals surface area contributed by atoms with E-state index in [2.05, 4.69) is 5.32 Å². The molecule has 1 heterocycles. The van der Waals surface area contributed by atoms with E-state index in [1.165, 1.54) is 12.1 Å². The second-order valence-electron chi connectivity index (χ2n) is 4.49. The van der Waals surface area contributed by atoms with Gasteiger partial charge in [0.1, 0.15) is 11.6 Å². The first kappa shape index (κ1) is 13.3. The molecular formula is C15H16FNO2. The Morgan fingerprint density at radius 3 is 2.79 bits per heavy atom. The Balaban J connectivity index is 1.91. The van der Waals surface area contributed by atoms with Crippen molar-refractivity contribution in [1.29, 1.82) is 0 Å². The molecular weight excluding hydrogens is 245 g/mol. The Morgan fingerprint density at radius 1 is 1.37 bits per heavy atom. The maximum Gasteiger partial charge on any atom is 0.255 e. The Labute approximate surface area is 111 Å². The predicted molar refractivity (Wildman–Crippen MR) is 70.6 cm³/mol. The molecule has 1 N–H and O–H groups in total. The van der Waals surface area contributed by atoms with E-state index < -0.39 is 0 Å². The molecule has 0 bridgehead atoms. The summed E-state index contributed by atoms with van der Waals surface area (Å²) in [6.45, 7) is 4.05. The van der Waals surface area contributed by atoms with Crippen LogP contribution in [0.25, 0.3) is 0 Å². The van der Waals surface area contributed by atoms with Gasteiger partial charge in [0.2, 0.25) is 0 Å². The number of nitrogens with one attached hydrogen (secondary N) is 1. The van der Waals surface area contributed by atoms with Gasteiger partial charge in [-0.2, -0.15) is 0 Å². The molecule has 0 radical (unpaired) electrons. The van der Waals surface area contributed by atoms with Crippen LogP contribution in [0.4, 0.5) is 4.39 Å². The number of carbonyl (C=O) groups excluding carboxylic acids is 1. The maximum atomic E-state index is 13.0. The fourth-order valence-corrected chi connectivity index (χ4v) is 2.01. The van der Waals surface area contributed by atoms with E-state index in [4.69, 9.17) is 4.42 Å². The number of benzene rings is 1. The number of hydrogen-bond donors (Lipinski definition) is 1. The summed E-state index contributed by atoms with van der Waals surface area (Å²) in [7, 11) is 0. The number of amides is 1. The Morgan fingerprint density at radius 2 is 2.16 bits per heavy atom. The van der Waals surface area contributed by atoms with Crippen molar-refractivity contribution >= 4 is 5.91 Å². The summed E-state index contributed by atoms with van der Waals surface area (Å²) in [6.07, 6.45) is 2.16. The van der Waals surface area contributed by atoms with Gasteiger partial charge >= 0.3 is 0 Å². The Kier molecular flexibility index (Phi) is 4.00. The van der Waals surface area contributed by atoms with Crippen molar-refractivity contribution in [1.82, 2.24) is 5.32 Å². The van der Waals surface area contributed by atoms with E-state index in [-0.39, 0.29) is 11.7 Å². The molecule has 0 fully saturated rings. The number of rotatable bonds is 4. The monoisotopic (exact) mass is 261 g/mol. The first-order valence-electron chi connectivity index (χ1n) is 6.15. The molecule has 0 saturated heterocycles. The highest BCUT2D eigenvalue weighted by Crippen LogP contribution is 2.15. The van der Waals surface area contributed by atoms with E-state index in [0.717, 1.165) is 11.1 Å². The smallest absolute Gasteiger partial charge is 0.255 e. The fraction of sp³-hybridized carbons (Fsp3) is 0.267. The van der Waals surface area contributed by atoms with E-state index >= 15 is 0 Å². The molecule has 0 spiro atoms. The summed E-state index contributed by atoms with van der Waals surface area (Å²) < 4.78 is 18.2. The molecule has 1 amide bonds. The second kappa shape index (κ2) is 5.69. The van der Waals surface area contributed by atoms with Crippen molar-refractivity contribution < 1.29 is 13.6 Å². The average Bonchev–Trinajstić information content (AvgIpc) is 2.69. The summed E-state index contributed by atoms with van der Waals surface area (Å²) in [5, 5.41) is 2.81. The number of hydrogen-bond acceptors (Lipinski definition) is 2. The zero-order valence-corrected chi connectivity index (χ0v) is 11.0. The molecule has 0 aliphatic carbocycles. The average molecular weight is 261 g/mol. The second-order valence-corrected chi connectivity index (χ2v) is 4.49.